The van der Waals surface area contributed by atoms with Gasteiger partial charge in [0.1, 0.15) is 0 Å². The van der Waals surface area contributed by atoms with Crippen molar-refractivity contribution in [3.63, 3.8) is 0 Å². The molecule has 0 aliphatic heterocycles. The molecule has 150 heavy (non-hydrogen) atoms. The lowest BCUT2D eigenvalue weighted by molar-refractivity contribution is 0.660. The largest absolute Gasteiger partial charge is 0.310 e. The van der Waals surface area contributed by atoms with E-state index in [0.717, 1.165) is 51.2 Å². The molecule has 3 heteroatoms. The molecule has 25 aromatic carbocycles. The Labute approximate surface area is 878 Å². The Kier molecular flexibility index (Phi) is 23.0. The van der Waals surface area contributed by atoms with Gasteiger partial charge in [0, 0.05) is 67.4 Å². The van der Waals surface area contributed by atoms with Crippen molar-refractivity contribution in [2.24, 2.45) is 0 Å². The Balaban J connectivity index is 0.000000113. The molecule has 0 atom stereocenters. The Hall–Kier alpha value is -18.5. The van der Waals surface area contributed by atoms with Crippen LogP contribution in [0.15, 0.2) is 552 Å². The van der Waals surface area contributed by atoms with E-state index in [0.29, 0.717) is 0 Å². The molecule has 0 amide bonds. The van der Waals surface area contributed by atoms with Gasteiger partial charge >= 0.3 is 0 Å². The first-order valence-electron chi connectivity index (χ1n) is 52.4. The first kappa shape index (κ1) is 91.4. The summed E-state index contributed by atoms with van der Waals surface area (Å²) in [6.45, 7) is 14.1. The Morgan fingerprint density at radius 1 is 0.113 bits per heavy atom. The number of hydrogen-bond donors (Lipinski definition) is 0. The second kappa shape index (κ2) is 37.8. The topological polar surface area (TPSA) is 9.72 Å². The molecule has 0 saturated heterocycles. The maximum absolute atomic E-state index is 2.47. The van der Waals surface area contributed by atoms with Gasteiger partial charge in [0.15, 0.2) is 0 Å². The van der Waals surface area contributed by atoms with Gasteiger partial charge in [-0.15, -0.1) is 0 Å². The average Bonchev–Trinajstić information content (AvgIpc) is 1.64. The summed E-state index contributed by atoms with van der Waals surface area (Å²) in [6.07, 6.45) is 0. The Bertz CT molecular complexity index is 9460. The molecule has 0 aromatic heterocycles. The van der Waals surface area contributed by atoms with E-state index in [1.54, 1.807) is 0 Å². The number of rotatable bonds is 16. The second-order valence-electron chi connectivity index (χ2n) is 41.8. The minimum absolute atomic E-state index is 0.0350. The zero-order valence-corrected chi connectivity index (χ0v) is 84.9. The maximum atomic E-state index is 2.47. The van der Waals surface area contributed by atoms with E-state index in [-0.39, 0.29) is 16.2 Å². The third kappa shape index (κ3) is 16.5. The van der Waals surface area contributed by atoms with E-state index < -0.39 is 0 Å². The first-order valence-corrected chi connectivity index (χ1v) is 52.4. The van der Waals surface area contributed by atoms with Crippen LogP contribution in [0.4, 0.5) is 51.2 Å². The highest BCUT2D eigenvalue weighted by molar-refractivity contribution is 6.12. The number of anilines is 9. The smallest absolute Gasteiger partial charge is 0.0474 e. The van der Waals surface area contributed by atoms with Crippen LogP contribution >= 0.6 is 0 Å². The van der Waals surface area contributed by atoms with Crippen molar-refractivity contribution in [2.75, 3.05) is 14.7 Å². The summed E-state index contributed by atoms with van der Waals surface area (Å²) in [5.41, 5.74) is 43.1. The molecule has 712 valence electrons. The van der Waals surface area contributed by atoms with Crippen LogP contribution < -0.4 is 14.7 Å². The third-order valence-corrected chi connectivity index (χ3v) is 31.8. The predicted octanol–water partition coefficient (Wildman–Crippen LogP) is 41.0. The molecule has 0 bridgehead atoms. The van der Waals surface area contributed by atoms with E-state index in [1.165, 1.54) is 209 Å². The Morgan fingerprint density at radius 2 is 0.387 bits per heavy atom. The van der Waals surface area contributed by atoms with Gasteiger partial charge in [-0.2, -0.15) is 0 Å². The molecule has 3 aliphatic carbocycles. The number of hydrogen-bond acceptors (Lipinski definition) is 3. The van der Waals surface area contributed by atoms with Gasteiger partial charge in [-0.3, -0.25) is 0 Å². The predicted molar refractivity (Wildman–Crippen MR) is 639 cm³/mol. The standard InChI is InChI=1S/C49H35N.2C49H37N/c1-49(2)47-18-10-9-17-43(47)44-26-25-39(31-48(44)49)50(38-24-23-32-11-3-4-13-35(32)27-38)40-28-36-14-6-8-16-42(36)46(30-40)37-22-21-34-20-19-33-12-5-7-15-41(33)45(34)29-37;1-49(2)47-25-15-14-24-44(47)45-27-26-40(33-48(45)49)50(42-29-37-22-12-13-23-43(37)46(32-42)36-20-10-5-11-21-36)41-30-38(34-16-6-3-7-17-34)28-39(31-41)35-18-8-4-9-19-35;1-49(2)47-20-12-11-19-44(47)46-33-42(29-30-48(46)49)50(40-25-21-35(22-26-40)34-13-5-3-6-14-34)41-27-23-36(24-28-41)39-31-38-17-9-10-18-43(38)45(32-39)37-15-7-4-8-16-37/h3-31H,1-2H3;2*3-33H,1-2H3. The van der Waals surface area contributed by atoms with Crippen molar-refractivity contribution in [3.8, 4) is 111 Å². The minimum atomic E-state index is -0.118. The van der Waals surface area contributed by atoms with E-state index in [1.807, 2.05) is 0 Å². The zero-order chi connectivity index (χ0) is 101. The maximum Gasteiger partial charge on any atom is 0.0474 e. The zero-order valence-electron chi connectivity index (χ0n) is 84.9. The quantitative estimate of drug-likeness (QED) is 0.0893. The van der Waals surface area contributed by atoms with Gasteiger partial charge in [-0.05, 0) is 343 Å². The van der Waals surface area contributed by atoms with Crippen molar-refractivity contribution < 1.29 is 0 Å². The molecular formula is C147H109N3. The molecular weight excluding hydrogens is 1810 g/mol. The highest BCUT2D eigenvalue weighted by Gasteiger charge is 2.40. The van der Waals surface area contributed by atoms with Crippen molar-refractivity contribution in [3.05, 3.63) is 585 Å². The summed E-state index contributed by atoms with van der Waals surface area (Å²) < 4.78 is 0. The summed E-state index contributed by atoms with van der Waals surface area (Å²) in [7, 11) is 0. The molecule has 28 rings (SSSR count). The molecule has 0 heterocycles. The van der Waals surface area contributed by atoms with Crippen molar-refractivity contribution in [2.45, 2.75) is 57.8 Å². The van der Waals surface area contributed by atoms with Crippen molar-refractivity contribution in [1.82, 2.24) is 0 Å². The summed E-state index contributed by atoms with van der Waals surface area (Å²) in [6, 6.07) is 203. The SMILES string of the molecule is CC1(C)c2ccccc2-c2cc(N(c3ccc(-c4ccccc4)cc3)c3ccc(-c4cc(-c5ccccc5)c5ccccc5c4)cc3)ccc21.CC1(C)c2ccccc2-c2ccc(N(c3cc(-c4ccccc4)cc(-c4ccccc4)c3)c3cc(-c4ccccc4)c4ccccc4c3)cc21.CC1(C)c2ccccc2-c2ccc(N(c3ccc4ccccc4c3)c3cc(-c4ccc5ccc6ccccc6c5c4)c4ccccc4c3)cc21. The fraction of sp³-hybridized carbons (Fsp3) is 0.0612. The normalized spacial score (nSPS) is 12.9. The van der Waals surface area contributed by atoms with Crippen LogP contribution in [0.3, 0.4) is 0 Å². The molecule has 3 nitrogen and oxygen atoms in total. The summed E-state index contributed by atoms with van der Waals surface area (Å²) in [5.74, 6) is 0. The van der Waals surface area contributed by atoms with Gasteiger partial charge < -0.3 is 14.7 Å². The number of benzene rings is 25. The van der Waals surface area contributed by atoms with Crippen LogP contribution in [0.5, 0.6) is 0 Å². The number of fused-ring (bicyclic) bond motifs is 16. The number of nitrogens with zero attached hydrogens (tertiary/aromatic N) is 3. The molecule has 0 spiro atoms. The van der Waals surface area contributed by atoms with Gasteiger partial charge in [0.2, 0.25) is 0 Å². The van der Waals surface area contributed by atoms with Crippen molar-refractivity contribution >= 4 is 116 Å². The lowest BCUT2D eigenvalue weighted by Crippen LogP contribution is -2.16. The van der Waals surface area contributed by atoms with Gasteiger partial charge in [0.25, 0.3) is 0 Å². The van der Waals surface area contributed by atoms with Gasteiger partial charge in [-0.1, -0.05) is 460 Å². The average molecular weight is 1920 g/mol. The lowest BCUT2D eigenvalue weighted by Gasteiger charge is -2.30. The van der Waals surface area contributed by atoms with Gasteiger partial charge in [0.05, 0.1) is 0 Å². The lowest BCUT2D eigenvalue weighted by atomic mass is 9.82. The van der Waals surface area contributed by atoms with Crippen LogP contribution in [0.25, 0.3) is 176 Å². The molecule has 0 N–H and O–H groups in total. The minimum Gasteiger partial charge on any atom is -0.310 e. The van der Waals surface area contributed by atoms with Crippen LogP contribution in [-0.4, -0.2) is 0 Å². The molecule has 0 radical (unpaired) electrons. The van der Waals surface area contributed by atoms with E-state index in [4.69, 9.17) is 0 Å². The second-order valence-corrected chi connectivity index (χ2v) is 41.8. The molecule has 0 fully saturated rings. The van der Waals surface area contributed by atoms with Crippen LogP contribution in [0, 0.1) is 0 Å². The molecule has 3 aliphatic rings. The molecule has 0 unspecified atom stereocenters. The van der Waals surface area contributed by atoms with Crippen LogP contribution in [0.2, 0.25) is 0 Å². The molecule has 25 aromatic rings. The summed E-state index contributed by atoms with van der Waals surface area (Å²) in [5, 5.41) is 15.0. The van der Waals surface area contributed by atoms with E-state index in [2.05, 4.69) is 608 Å². The van der Waals surface area contributed by atoms with E-state index >= 15 is 0 Å². The fourth-order valence-corrected chi connectivity index (χ4v) is 24.2. The highest BCUT2D eigenvalue weighted by atomic mass is 15.2. The molecule has 0 saturated carbocycles. The van der Waals surface area contributed by atoms with Crippen LogP contribution in [0.1, 0.15) is 74.9 Å². The monoisotopic (exact) mass is 1920 g/mol. The Morgan fingerprint density at radius 3 is 0.887 bits per heavy atom. The van der Waals surface area contributed by atoms with Crippen LogP contribution in [-0.2, 0) is 16.2 Å². The fourth-order valence-electron chi connectivity index (χ4n) is 24.2. The summed E-state index contributed by atoms with van der Waals surface area (Å²) >= 11 is 0. The van der Waals surface area contributed by atoms with Crippen molar-refractivity contribution in [1.29, 1.82) is 0 Å². The third-order valence-electron chi connectivity index (χ3n) is 31.8. The highest BCUT2D eigenvalue weighted by Crippen LogP contribution is 2.57. The first-order chi connectivity index (χ1) is 73.6. The van der Waals surface area contributed by atoms with E-state index in [9.17, 15) is 0 Å². The van der Waals surface area contributed by atoms with Gasteiger partial charge in [-0.25, -0.2) is 0 Å². The summed E-state index contributed by atoms with van der Waals surface area (Å²) in [4.78, 5) is 7.32.